The summed E-state index contributed by atoms with van der Waals surface area (Å²) in [5, 5.41) is 9.19. The minimum atomic E-state index is -0.929. The van der Waals surface area contributed by atoms with E-state index in [2.05, 4.69) is 6.08 Å². The van der Waals surface area contributed by atoms with Crippen molar-refractivity contribution >= 4 is 23.8 Å². The second kappa shape index (κ2) is 15.1. The zero-order valence-electron chi connectivity index (χ0n) is 22.4. The van der Waals surface area contributed by atoms with Crippen LogP contribution in [0.5, 0.6) is 11.5 Å². The van der Waals surface area contributed by atoms with E-state index in [0.29, 0.717) is 34.6 Å². The molecule has 7 heteroatoms. The molecule has 0 fully saturated rings. The lowest BCUT2D eigenvalue weighted by Gasteiger charge is -2.13. The second-order valence-electron chi connectivity index (χ2n) is 8.84. The molecule has 0 unspecified atom stereocenters. The van der Waals surface area contributed by atoms with E-state index >= 15 is 0 Å². The van der Waals surface area contributed by atoms with Crippen LogP contribution in [-0.4, -0.2) is 43.2 Å². The van der Waals surface area contributed by atoms with E-state index in [1.54, 1.807) is 50.4 Å². The Labute approximate surface area is 229 Å². The maximum absolute atomic E-state index is 13.2. The Morgan fingerprint density at radius 1 is 0.872 bits per heavy atom. The maximum Gasteiger partial charge on any atom is 0.338 e. The molecule has 0 aromatic heterocycles. The number of carboxylic acids is 1. The molecule has 3 rings (SSSR count). The van der Waals surface area contributed by atoms with Gasteiger partial charge in [-0.25, -0.2) is 4.79 Å². The van der Waals surface area contributed by atoms with Crippen molar-refractivity contribution in [3.8, 4) is 11.5 Å². The van der Waals surface area contributed by atoms with Crippen molar-refractivity contribution in [2.45, 2.75) is 39.0 Å². The lowest BCUT2D eigenvalue weighted by molar-refractivity contribution is -0.136. The van der Waals surface area contributed by atoms with Crippen LogP contribution in [0.15, 0.2) is 72.8 Å². The molecule has 39 heavy (non-hydrogen) atoms. The summed E-state index contributed by atoms with van der Waals surface area (Å²) in [5.41, 5.74) is 2.72. The number of hydrogen-bond acceptors (Lipinski definition) is 6. The lowest BCUT2D eigenvalue weighted by Crippen LogP contribution is -2.09. The smallest absolute Gasteiger partial charge is 0.338 e. The third-order valence-corrected chi connectivity index (χ3v) is 6.03. The van der Waals surface area contributed by atoms with Crippen LogP contribution in [-0.2, 0) is 16.0 Å². The Morgan fingerprint density at radius 2 is 1.64 bits per heavy atom. The molecular weight excluding hydrogens is 496 g/mol. The molecule has 1 N–H and O–H groups in total. The number of esters is 1. The molecule has 204 valence electrons. The van der Waals surface area contributed by atoms with E-state index in [0.717, 1.165) is 30.6 Å². The van der Waals surface area contributed by atoms with Crippen LogP contribution in [0, 0.1) is 0 Å². The zero-order chi connectivity index (χ0) is 28.0. The van der Waals surface area contributed by atoms with Gasteiger partial charge < -0.3 is 19.3 Å². The maximum atomic E-state index is 13.2. The molecule has 0 aliphatic carbocycles. The van der Waals surface area contributed by atoms with Gasteiger partial charge in [-0.05, 0) is 74.6 Å². The van der Waals surface area contributed by atoms with Gasteiger partial charge in [0.15, 0.2) is 5.78 Å². The van der Waals surface area contributed by atoms with Crippen LogP contribution >= 0.6 is 0 Å². The van der Waals surface area contributed by atoms with E-state index in [9.17, 15) is 19.5 Å². The first-order chi connectivity index (χ1) is 18.9. The highest BCUT2D eigenvalue weighted by Gasteiger charge is 2.16. The number of benzene rings is 3. The third kappa shape index (κ3) is 8.85. The number of hydrogen-bond donors (Lipinski definition) is 1. The van der Waals surface area contributed by atoms with Gasteiger partial charge in [0.25, 0.3) is 0 Å². The molecule has 0 radical (unpaired) electrons. The number of rotatable bonds is 15. The molecule has 0 amide bonds. The number of allylic oxidation sites excluding steroid dienone is 1. The normalized spacial score (nSPS) is 10.8. The Morgan fingerprint density at radius 3 is 2.41 bits per heavy atom. The minimum Gasteiger partial charge on any atom is -0.496 e. The van der Waals surface area contributed by atoms with Crippen LogP contribution < -0.4 is 9.47 Å². The van der Waals surface area contributed by atoms with Gasteiger partial charge in [-0.2, -0.15) is 0 Å². The third-order valence-electron chi connectivity index (χ3n) is 6.03. The van der Waals surface area contributed by atoms with E-state index in [1.807, 2.05) is 30.3 Å². The minimum absolute atomic E-state index is 0.0832. The van der Waals surface area contributed by atoms with Gasteiger partial charge in [-0.1, -0.05) is 42.5 Å². The van der Waals surface area contributed by atoms with Crippen molar-refractivity contribution in [1.29, 1.82) is 0 Å². The Bertz CT molecular complexity index is 1310. The molecule has 0 spiro atoms. The SMILES string of the molecule is CCOC(=O)c1cccc(C(=O)c2ccc(OCCCC/C=C/c3ccccc3OC)c(CCC(=O)O)c2)c1. The summed E-state index contributed by atoms with van der Waals surface area (Å²) < 4.78 is 16.4. The summed E-state index contributed by atoms with van der Waals surface area (Å²) in [7, 11) is 1.65. The Hall–Kier alpha value is -4.39. The molecule has 0 bridgehead atoms. The number of ether oxygens (including phenoxy) is 3. The quantitative estimate of drug-likeness (QED) is 0.138. The van der Waals surface area contributed by atoms with Crippen molar-refractivity contribution < 1.29 is 33.7 Å². The predicted molar refractivity (Wildman–Crippen MR) is 150 cm³/mol. The molecule has 3 aromatic rings. The van der Waals surface area contributed by atoms with E-state index in [1.165, 1.54) is 6.07 Å². The zero-order valence-corrected chi connectivity index (χ0v) is 22.4. The fourth-order valence-corrected chi connectivity index (χ4v) is 4.03. The number of carbonyl (C=O) groups is 3. The van der Waals surface area contributed by atoms with E-state index in [-0.39, 0.29) is 25.2 Å². The largest absolute Gasteiger partial charge is 0.496 e. The molecule has 3 aromatic carbocycles. The fraction of sp³-hybridized carbons (Fsp3) is 0.281. The van der Waals surface area contributed by atoms with E-state index < -0.39 is 11.9 Å². The Balaban J connectivity index is 1.62. The van der Waals surface area contributed by atoms with Crippen molar-refractivity contribution in [2.24, 2.45) is 0 Å². The molecule has 0 saturated heterocycles. The highest BCUT2D eigenvalue weighted by atomic mass is 16.5. The highest BCUT2D eigenvalue weighted by Crippen LogP contribution is 2.25. The number of aliphatic carboxylic acids is 1. The molecule has 0 saturated carbocycles. The van der Waals surface area contributed by atoms with Crippen LogP contribution in [0.4, 0.5) is 0 Å². The van der Waals surface area contributed by atoms with Gasteiger partial charge in [-0.15, -0.1) is 0 Å². The summed E-state index contributed by atoms with van der Waals surface area (Å²) in [6.07, 6.45) is 6.91. The number of unbranched alkanes of at least 4 members (excludes halogenated alkanes) is 2. The van der Waals surface area contributed by atoms with Gasteiger partial charge in [-0.3, -0.25) is 9.59 Å². The van der Waals surface area contributed by atoms with E-state index in [4.69, 9.17) is 14.2 Å². The summed E-state index contributed by atoms with van der Waals surface area (Å²) in [6.45, 7) is 2.43. The highest BCUT2D eigenvalue weighted by molar-refractivity contribution is 6.10. The van der Waals surface area contributed by atoms with Crippen molar-refractivity contribution in [3.05, 3.63) is 101 Å². The molecule has 7 nitrogen and oxygen atoms in total. The standard InChI is InChI=1S/C32H34O7/c1-3-38-32(36)27-14-10-13-25(22-27)31(35)26-16-18-29(24(21-26)17-19-30(33)34)39-20-9-5-4-6-11-23-12-7-8-15-28(23)37-2/h6-8,10-16,18,21-22H,3-5,9,17,19-20H2,1-2H3,(H,33,34)/b11-6+. The summed E-state index contributed by atoms with van der Waals surface area (Å²) in [6, 6.07) is 19.2. The molecule has 0 heterocycles. The molecule has 0 aliphatic heterocycles. The van der Waals surface area contributed by atoms with Gasteiger partial charge in [0.05, 0.1) is 25.9 Å². The van der Waals surface area contributed by atoms with Crippen molar-refractivity contribution in [3.63, 3.8) is 0 Å². The summed E-state index contributed by atoms with van der Waals surface area (Å²) >= 11 is 0. The topological polar surface area (TPSA) is 99.1 Å². The number of para-hydroxylation sites is 1. The predicted octanol–water partition coefficient (Wildman–Crippen LogP) is 6.38. The van der Waals surface area contributed by atoms with Crippen molar-refractivity contribution in [2.75, 3.05) is 20.3 Å². The molecule has 0 atom stereocenters. The van der Waals surface area contributed by atoms with Crippen LogP contribution in [0.1, 0.15) is 70.0 Å². The number of methoxy groups -OCH3 is 1. The average Bonchev–Trinajstić information content (AvgIpc) is 2.95. The van der Waals surface area contributed by atoms with Crippen LogP contribution in [0.2, 0.25) is 0 Å². The van der Waals surface area contributed by atoms with Gasteiger partial charge >= 0.3 is 11.9 Å². The second-order valence-corrected chi connectivity index (χ2v) is 8.84. The number of aryl methyl sites for hydroxylation is 1. The monoisotopic (exact) mass is 530 g/mol. The summed E-state index contributed by atoms with van der Waals surface area (Å²) in [4.78, 5) is 36.4. The summed E-state index contributed by atoms with van der Waals surface area (Å²) in [5.74, 6) is -0.293. The first kappa shape index (κ1) is 29.2. The Kier molecular flexibility index (Phi) is 11.3. The average molecular weight is 531 g/mol. The van der Waals surface area contributed by atoms with Gasteiger partial charge in [0.1, 0.15) is 11.5 Å². The molecular formula is C32H34O7. The fourth-order valence-electron chi connectivity index (χ4n) is 4.03. The lowest BCUT2D eigenvalue weighted by atomic mass is 9.98. The van der Waals surface area contributed by atoms with Crippen molar-refractivity contribution in [1.82, 2.24) is 0 Å². The number of carboxylic acid groups (broad SMARTS) is 1. The first-order valence-electron chi connectivity index (χ1n) is 13.0. The first-order valence-corrected chi connectivity index (χ1v) is 13.0. The van der Waals surface area contributed by atoms with Gasteiger partial charge in [0.2, 0.25) is 0 Å². The molecule has 0 aliphatic rings. The number of ketones is 1. The van der Waals surface area contributed by atoms with Crippen LogP contribution in [0.3, 0.4) is 0 Å². The van der Waals surface area contributed by atoms with Crippen LogP contribution in [0.25, 0.3) is 6.08 Å². The number of carbonyl (C=O) groups excluding carboxylic acids is 2. The van der Waals surface area contributed by atoms with Gasteiger partial charge in [0, 0.05) is 23.1 Å².